The number of hydrogen-bond donors (Lipinski definition) is 15. The molecule has 0 aliphatic carbocycles. The van der Waals surface area contributed by atoms with E-state index in [2.05, 4.69) is 10.6 Å². The van der Waals surface area contributed by atoms with E-state index in [4.69, 9.17) is 28.4 Å². The maximum atomic E-state index is 12.4. The number of amides is 2. The van der Waals surface area contributed by atoms with Crippen LogP contribution in [0.25, 0.3) is 0 Å². The number of carboxylic acids is 2. The first-order valence-electron chi connectivity index (χ1n) is 16.0. The molecule has 0 aromatic rings. The van der Waals surface area contributed by atoms with Gasteiger partial charge >= 0.3 is 11.9 Å². The molecule has 306 valence electrons. The van der Waals surface area contributed by atoms with Crippen LogP contribution in [-0.4, -0.2) is 226 Å². The standard InChI is InChI=1S/C28H46N2O23/c1-6(34)29-8(3-31)19(12(37)9(36)4-32)49-28-18(43)16(41)21(23(53-28)25(46)47)51-26-11(30-7(2)35)20(13(38)10(5-33)48-26)50-27-17(42)14(39)15(40)22(52-27)24(44)45/h8-23,26-28,31-33,36-43H,3-5H2,1-2H3,(H,29,34)(H,30,35)(H,44,45)(H,46,47)/t8-,9-,10-,11+,12+,13-,14-,15+,16+,17+,18+,19+,20+,21-,22+,23+,26?,27?,28?/m0/s1. The minimum absolute atomic E-state index is 0.778. The van der Waals surface area contributed by atoms with Crippen LogP contribution in [0.3, 0.4) is 0 Å². The fraction of sp³-hybridized carbons (Fsp3) is 0.857. The van der Waals surface area contributed by atoms with Crippen molar-refractivity contribution in [2.75, 3.05) is 19.8 Å². The second-order valence-corrected chi connectivity index (χ2v) is 12.5. The zero-order valence-corrected chi connectivity index (χ0v) is 28.0. The maximum Gasteiger partial charge on any atom is 0.335 e. The smallest absolute Gasteiger partial charge is 0.335 e. The summed E-state index contributed by atoms with van der Waals surface area (Å²) in [7, 11) is 0. The Morgan fingerprint density at radius 2 is 1.23 bits per heavy atom. The highest BCUT2D eigenvalue weighted by Crippen LogP contribution is 2.33. The molecular weight excluding hydrogens is 732 g/mol. The number of carbonyl (C=O) groups excluding carboxylic acids is 2. The minimum Gasteiger partial charge on any atom is -0.479 e. The highest BCUT2D eigenvalue weighted by atomic mass is 16.8. The summed E-state index contributed by atoms with van der Waals surface area (Å²) in [4.78, 5) is 48.0. The van der Waals surface area contributed by atoms with Crippen LogP contribution in [-0.2, 0) is 47.6 Å². The molecule has 0 aromatic heterocycles. The van der Waals surface area contributed by atoms with Gasteiger partial charge in [0, 0.05) is 13.8 Å². The number of carboxylic acid groups (broad SMARTS) is 2. The first-order valence-corrected chi connectivity index (χ1v) is 16.0. The van der Waals surface area contributed by atoms with E-state index in [1.807, 2.05) is 0 Å². The molecule has 0 spiro atoms. The van der Waals surface area contributed by atoms with E-state index in [1.54, 1.807) is 0 Å². The van der Waals surface area contributed by atoms with Crippen LogP contribution in [0.4, 0.5) is 0 Å². The van der Waals surface area contributed by atoms with E-state index >= 15 is 0 Å². The van der Waals surface area contributed by atoms with E-state index < -0.39 is 160 Å². The summed E-state index contributed by atoms with van der Waals surface area (Å²) >= 11 is 0. The average molecular weight is 779 g/mol. The minimum atomic E-state index is -2.35. The molecule has 3 fully saturated rings. The number of carbonyl (C=O) groups is 4. The third-order valence-corrected chi connectivity index (χ3v) is 8.60. The van der Waals surface area contributed by atoms with Gasteiger partial charge in [-0.05, 0) is 0 Å². The van der Waals surface area contributed by atoms with E-state index in [0.717, 1.165) is 13.8 Å². The lowest BCUT2D eigenvalue weighted by molar-refractivity contribution is -0.364. The van der Waals surface area contributed by atoms with Gasteiger partial charge in [0.05, 0.1) is 25.9 Å². The number of ether oxygens (including phenoxy) is 6. The van der Waals surface area contributed by atoms with Crippen molar-refractivity contribution in [3.05, 3.63) is 0 Å². The third kappa shape index (κ3) is 10.3. The molecule has 0 saturated carbocycles. The zero-order valence-electron chi connectivity index (χ0n) is 28.0. The number of hydrogen-bond acceptors (Lipinski definition) is 21. The molecule has 3 heterocycles. The summed E-state index contributed by atoms with van der Waals surface area (Å²) in [5, 5.41) is 138. The van der Waals surface area contributed by atoms with Crippen molar-refractivity contribution in [3.63, 3.8) is 0 Å². The summed E-state index contributed by atoms with van der Waals surface area (Å²) in [5.41, 5.74) is 0. The highest BCUT2D eigenvalue weighted by Gasteiger charge is 2.56. The lowest BCUT2D eigenvalue weighted by atomic mass is 9.94. The second-order valence-electron chi connectivity index (χ2n) is 12.5. The number of aliphatic hydroxyl groups excluding tert-OH is 11. The summed E-state index contributed by atoms with van der Waals surface area (Å²) in [6.45, 7) is -1.11. The molecule has 53 heavy (non-hydrogen) atoms. The predicted molar refractivity (Wildman–Crippen MR) is 160 cm³/mol. The fourth-order valence-electron chi connectivity index (χ4n) is 5.90. The normalized spacial score (nSPS) is 40.0. The first-order chi connectivity index (χ1) is 24.8. The Bertz CT molecular complexity index is 1250. The maximum absolute atomic E-state index is 12.4. The zero-order chi connectivity index (χ0) is 40.1. The van der Waals surface area contributed by atoms with Crippen molar-refractivity contribution in [2.45, 2.75) is 130 Å². The Hall–Kier alpha value is -2.80. The van der Waals surface area contributed by atoms with Crippen molar-refractivity contribution in [1.29, 1.82) is 0 Å². The van der Waals surface area contributed by atoms with Crippen molar-refractivity contribution < 1.29 is 114 Å². The third-order valence-electron chi connectivity index (χ3n) is 8.60. The predicted octanol–water partition coefficient (Wildman–Crippen LogP) is -9.64. The molecule has 2 amide bonds. The second kappa shape index (κ2) is 19.2. The molecule has 3 saturated heterocycles. The number of nitrogens with one attached hydrogen (secondary N) is 2. The van der Waals surface area contributed by atoms with Gasteiger partial charge in [0.1, 0.15) is 79.3 Å². The molecule has 0 aromatic carbocycles. The SMILES string of the molecule is CC(=O)N[C@@H](CO)[C@@H](OC1O[C@@H](C(=O)O)[C@@H](OC2O[C@@H](CO)[C@H](O)[C@H](OC3O[C@@H](C(=O)O)[C@H](O)[C@H](O)[C@H]3O)[C@H]2NC(C)=O)[C@H](O)[C@H]1O)[C@H](O)[C@@H](O)CO. The largest absolute Gasteiger partial charge is 0.479 e. The van der Waals surface area contributed by atoms with Gasteiger partial charge in [-0.2, -0.15) is 0 Å². The van der Waals surface area contributed by atoms with Crippen molar-refractivity contribution in [3.8, 4) is 0 Å². The lowest BCUT2D eigenvalue weighted by Gasteiger charge is -2.49. The van der Waals surface area contributed by atoms with E-state index in [-0.39, 0.29) is 0 Å². The quantitative estimate of drug-likeness (QED) is 0.0691. The van der Waals surface area contributed by atoms with Gasteiger partial charge in [-0.3, -0.25) is 9.59 Å². The lowest BCUT2D eigenvalue weighted by Crippen LogP contribution is -2.70. The van der Waals surface area contributed by atoms with Crippen LogP contribution in [0, 0.1) is 0 Å². The molecule has 3 aliphatic heterocycles. The summed E-state index contributed by atoms with van der Waals surface area (Å²) < 4.78 is 32.7. The molecule has 0 bridgehead atoms. The monoisotopic (exact) mass is 778 g/mol. The van der Waals surface area contributed by atoms with Crippen LogP contribution in [0.5, 0.6) is 0 Å². The molecular formula is C28H46N2O23. The van der Waals surface area contributed by atoms with Crippen molar-refractivity contribution >= 4 is 23.8 Å². The number of aliphatic carboxylic acids is 2. The van der Waals surface area contributed by atoms with Gasteiger partial charge in [-0.15, -0.1) is 0 Å². The van der Waals surface area contributed by atoms with Gasteiger partial charge in [-0.25, -0.2) is 9.59 Å². The average Bonchev–Trinajstić information content (AvgIpc) is 3.09. The number of aliphatic hydroxyl groups is 11. The topological polar surface area (TPSA) is 411 Å². The van der Waals surface area contributed by atoms with Crippen molar-refractivity contribution in [1.82, 2.24) is 10.6 Å². The van der Waals surface area contributed by atoms with Gasteiger partial charge < -0.3 is 105 Å². The molecule has 3 aliphatic rings. The number of rotatable bonds is 16. The molecule has 25 nitrogen and oxygen atoms in total. The molecule has 3 rings (SSSR count). The molecule has 15 N–H and O–H groups in total. The van der Waals surface area contributed by atoms with Crippen LogP contribution >= 0.6 is 0 Å². The van der Waals surface area contributed by atoms with Gasteiger partial charge in [0.25, 0.3) is 0 Å². The Morgan fingerprint density at radius 1 is 0.660 bits per heavy atom. The van der Waals surface area contributed by atoms with E-state index in [9.17, 15) is 85.6 Å². The Morgan fingerprint density at radius 3 is 1.74 bits per heavy atom. The van der Waals surface area contributed by atoms with Crippen LogP contribution in [0.15, 0.2) is 0 Å². The summed E-state index contributed by atoms with van der Waals surface area (Å²) in [5.74, 6) is -5.36. The molecule has 25 heteroatoms. The van der Waals surface area contributed by atoms with Gasteiger partial charge in [0.15, 0.2) is 31.1 Å². The van der Waals surface area contributed by atoms with Crippen LogP contribution in [0.2, 0.25) is 0 Å². The van der Waals surface area contributed by atoms with E-state index in [0.29, 0.717) is 0 Å². The molecule has 0 radical (unpaired) electrons. The van der Waals surface area contributed by atoms with E-state index in [1.165, 1.54) is 0 Å². The highest BCUT2D eigenvalue weighted by molar-refractivity contribution is 5.74. The van der Waals surface area contributed by atoms with Crippen molar-refractivity contribution in [2.24, 2.45) is 0 Å². The Balaban J connectivity index is 1.96. The van der Waals surface area contributed by atoms with Gasteiger partial charge in [-0.1, -0.05) is 0 Å². The summed E-state index contributed by atoms with van der Waals surface area (Å²) in [6, 6.07) is -3.38. The summed E-state index contributed by atoms with van der Waals surface area (Å²) in [6.07, 6.45) is -35.9. The fourth-order valence-corrected chi connectivity index (χ4v) is 5.90. The Labute approximate surface area is 298 Å². The van der Waals surface area contributed by atoms with Crippen LogP contribution in [0.1, 0.15) is 13.8 Å². The molecule has 19 atom stereocenters. The van der Waals surface area contributed by atoms with Gasteiger partial charge in [0.2, 0.25) is 11.8 Å². The first kappa shape index (κ1) is 44.6. The molecule has 3 unspecified atom stereocenters. The van der Waals surface area contributed by atoms with Crippen LogP contribution < -0.4 is 10.6 Å². The Kier molecular flexibility index (Phi) is 16.1.